The summed E-state index contributed by atoms with van der Waals surface area (Å²) in [7, 11) is 3.06. The lowest BCUT2D eigenvalue weighted by atomic mass is 10.1. The van der Waals surface area contributed by atoms with Gasteiger partial charge in [-0.1, -0.05) is 17.7 Å². The van der Waals surface area contributed by atoms with Gasteiger partial charge in [0.15, 0.2) is 0 Å². The predicted octanol–water partition coefficient (Wildman–Crippen LogP) is 3.60. The third-order valence-corrected chi connectivity index (χ3v) is 4.78. The number of anilines is 1. The van der Waals surface area contributed by atoms with Crippen molar-refractivity contribution in [2.75, 3.05) is 26.1 Å². The van der Waals surface area contributed by atoms with Crippen LogP contribution in [0.5, 0.6) is 11.5 Å². The van der Waals surface area contributed by atoms with Crippen LogP contribution in [-0.2, 0) is 4.79 Å². The highest BCUT2D eigenvalue weighted by Crippen LogP contribution is 2.28. The first-order valence-corrected chi connectivity index (χ1v) is 9.00. The van der Waals surface area contributed by atoms with E-state index in [0.717, 1.165) is 6.42 Å². The number of amides is 2. The molecule has 1 unspecified atom stereocenters. The largest absolute Gasteiger partial charge is 0.497 e. The number of hydrogen-bond donors (Lipinski definition) is 1. The average molecular weight is 389 g/mol. The van der Waals surface area contributed by atoms with Gasteiger partial charge >= 0.3 is 0 Å². The van der Waals surface area contributed by atoms with E-state index in [2.05, 4.69) is 5.32 Å². The SMILES string of the molecule is COc1cccc(NC(=O)C2CCCN2C(=O)c2cc(Cl)ccc2OC)c1. The summed E-state index contributed by atoms with van der Waals surface area (Å²) in [6.07, 6.45) is 1.36. The van der Waals surface area contributed by atoms with Gasteiger partial charge in [-0.2, -0.15) is 0 Å². The summed E-state index contributed by atoms with van der Waals surface area (Å²) in [6, 6.07) is 11.4. The molecule has 1 fully saturated rings. The van der Waals surface area contributed by atoms with Crippen LogP contribution in [-0.4, -0.2) is 43.5 Å². The zero-order valence-corrected chi connectivity index (χ0v) is 16.0. The minimum Gasteiger partial charge on any atom is -0.497 e. The molecule has 1 heterocycles. The van der Waals surface area contributed by atoms with Crippen LogP contribution >= 0.6 is 11.6 Å². The Labute approximate surface area is 163 Å². The van der Waals surface area contributed by atoms with Crippen molar-refractivity contribution >= 4 is 29.1 Å². The van der Waals surface area contributed by atoms with Crippen molar-refractivity contribution in [2.24, 2.45) is 0 Å². The van der Waals surface area contributed by atoms with E-state index in [-0.39, 0.29) is 11.8 Å². The van der Waals surface area contributed by atoms with Crippen LogP contribution in [0.3, 0.4) is 0 Å². The first-order chi connectivity index (χ1) is 13.0. The first kappa shape index (κ1) is 19.0. The van der Waals surface area contributed by atoms with Crippen molar-refractivity contribution in [3.8, 4) is 11.5 Å². The predicted molar refractivity (Wildman–Crippen MR) is 104 cm³/mol. The lowest BCUT2D eigenvalue weighted by molar-refractivity contribution is -0.119. The number of benzene rings is 2. The van der Waals surface area contributed by atoms with Crippen LogP contribution in [0.4, 0.5) is 5.69 Å². The van der Waals surface area contributed by atoms with Gasteiger partial charge < -0.3 is 19.7 Å². The van der Waals surface area contributed by atoms with Crippen molar-refractivity contribution in [1.82, 2.24) is 4.90 Å². The monoisotopic (exact) mass is 388 g/mol. The van der Waals surface area contributed by atoms with Gasteiger partial charge in [0.25, 0.3) is 5.91 Å². The summed E-state index contributed by atoms with van der Waals surface area (Å²) in [5, 5.41) is 3.31. The molecule has 0 radical (unpaired) electrons. The molecule has 1 N–H and O–H groups in total. The lowest BCUT2D eigenvalue weighted by Gasteiger charge is -2.25. The second-order valence-electron chi connectivity index (χ2n) is 6.22. The Bertz CT molecular complexity index is 856. The Morgan fingerprint density at radius 2 is 1.96 bits per heavy atom. The summed E-state index contributed by atoms with van der Waals surface area (Å²) in [5.74, 6) is 0.590. The van der Waals surface area contributed by atoms with E-state index in [1.807, 2.05) is 0 Å². The Morgan fingerprint density at radius 3 is 2.70 bits per heavy atom. The van der Waals surface area contributed by atoms with Crippen LogP contribution in [0.15, 0.2) is 42.5 Å². The molecule has 2 aromatic rings. The van der Waals surface area contributed by atoms with Crippen LogP contribution in [0.25, 0.3) is 0 Å². The Morgan fingerprint density at radius 1 is 1.15 bits per heavy atom. The molecule has 0 saturated carbocycles. The molecule has 0 aliphatic carbocycles. The number of methoxy groups -OCH3 is 2. The van der Waals surface area contributed by atoms with Gasteiger partial charge in [-0.25, -0.2) is 0 Å². The summed E-state index contributed by atoms with van der Waals surface area (Å²) in [5.41, 5.74) is 0.977. The van der Waals surface area contributed by atoms with E-state index in [0.29, 0.717) is 40.7 Å². The molecule has 1 atom stereocenters. The zero-order valence-electron chi connectivity index (χ0n) is 15.2. The van der Waals surface area contributed by atoms with Gasteiger partial charge in [-0.3, -0.25) is 9.59 Å². The van der Waals surface area contributed by atoms with Crippen molar-refractivity contribution in [3.05, 3.63) is 53.1 Å². The molecule has 2 amide bonds. The third kappa shape index (κ3) is 4.17. The number of carbonyl (C=O) groups is 2. The third-order valence-electron chi connectivity index (χ3n) is 4.55. The van der Waals surface area contributed by atoms with Gasteiger partial charge in [0.05, 0.1) is 19.8 Å². The number of ether oxygens (including phenoxy) is 2. The van der Waals surface area contributed by atoms with Crippen LogP contribution in [0, 0.1) is 0 Å². The molecule has 0 bridgehead atoms. The van der Waals surface area contributed by atoms with Gasteiger partial charge in [0.2, 0.25) is 5.91 Å². The fraction of sp³-hybridized carbons (Fsp3) is 0.300. The molecule has 27 heavy (non-hydrogen) atoms. The number of nitrogens with zero attached hydrogens (tertiary/aromatic N) is 1. The zero-order chi connectivity index (χ0) is 19.4. The second-order valence-corrected chi connectivity index (χ2v) is 6.66. The maximum absolute atomic E-state index is 13.0. The highest BCUT2D eigenvalue weighted by molar-refractivity contribution is 6.31. The Balaban J connectivity index is 1.79. The molecule has 7 heteroatoms. The van der Waals surface area contributed by atoms with Gasteiger partial charge in [0.1, 0.15) is 17.5 Å². The van der Waals surface area contributed by atoms with Gasteiger partial charge in [-0.05, 0) is 43.2 Å². The molecule has 3 rings (SSSR count). The number of carbonyl (C=O) groups excluding carboxylic acids is 2. The molecular weight excluding hydrogens is 368 g/mol. The standard InChI is InChI=1S/C20H21ClN2O4/c1-26-15-6-3-5-14(12-15)22-19(24)17-7-4-10-23(17)20(25)16-11-13(21)8-9-18(16)27-2/h3,5-6,8-9,11-12,17H,4,7,10H2,1-2H3,(H,22,24). The van der Waals surface area contributed by atoms with Gasteiger partial charge in [-0.15, -0.1) is 0 Å². The Kier molecular flexibility index (Phi) is 5.86. The van der Waals surface area contributed by atoms with Crippen molar-refractivity contribution in [3.63, 3.8) is 0 Å². The van der Waals surface area contributed by atoms with E-state index >= 15 is 0 Å². The van der Waals surface area contributed by atoms with Crippen LogP contribution < -0.4 is 14.8 Å². The second kappa shape index (κ2) is 8.31. The fourth-order valence-corrected chi connectivity index (χ4v) is 3.38. The molecule has 2 aromatic carbocycles. The highest BCUT2D eigenvalue weighted by atomic mass is 35.5. The maximum Gasteiger partial charge on any atom is 0.258 e. The summed E-state index contributed by atoms with van der Waals surface area (Å²) < 4.78 is 10.5. The fourth-order valence-electron chi connectivity index (χ4n) is 3.21. The van der Waals surface area contributed by atoms with E-state index < -0.39 is 6.04 Å². The molecule has 1 saturated heterocycles. The number of rotatable bonds is 5. The summed E-state index contributed by atoms with van der Waals surface area (Å²) in [4.78, 5) is 27.4. The quantitative estimate of drug-likeness (QED) is 0.849. The first-order valence-electron chi connectivity index (χ1n) is 8.63. The van der Waals surface area contributed by atoms with Crippen LogP contribution in [0.1, 0.15) is 23.2 Å². The Hall–Kier alpha value is -2.73. The molecule has 0 aromatic heterocycles. The molecule has 1 aliphatic rings. The number of halogens is 1. The lowest BCUT2D eigenvalue weighted by Crippen LogP contribution is -2.43. The number of hydrogen-bond acceptors (Lipinski definition) is 4. The summed E-state index contributed by atoms with van der Waals surface area (Å²) in [6.45, 7) is 0.505. The van der Waals surface area contributed by atoms with E-state index in [9.17, 15) is 9.59 Å². The van der Waals surface area contributed by atoms with E-state index in [1.54, 1.807) is 54.5 Å². The average Bonchev–Trinajstić information content (AvgIpc) is 3.17. The molecule has 1 aliphatic heterocycles. The molecular formula is C20H21ClN2O4. The van der Waals surface area contributed by atoms with Crippen molar-refractivity contribution in [2.45, 2.75) is 18.9 Å². The molecule has 6 nitrogen and oxygen atoms in total. The summed E-state index contributed by atoms with van der Waals surface area (Å²) >= 11 is 6.04. The number of likely N-dealkylation sites (tertiary alicyclic amines) is 1. The molecule has 0 spiro atoms. The van der Waals surface area contributed by atoms with Crippen molar-refractivity contribution < 1.29 is 19.1 Å². The highest BCUT2D eigenvalue weighted by Gasteiger charge is 2.35. The van der Waals surface area contributed by atoms with Crippen molar-refractivity contribution in [1.29, 1.82) is 0 Å². The van der Waals surface area contributed by atoms with E-state index in [1.165, 1.54) is 7.11 Å². The van der Waals surface area contributed by atoms with E-state index in [4.69, 9.17) is 21.1 Å². The molecule has 142 valence electrons. The maximum atomic E-state index is 13.0. The number of nitrogens with one attached hydrogen (secondary N) is 1. The minimum atomic E-state index is -0.549. The van der Waals surface area contributed by atoms with Gasteiger partial charge in [0, 0.05) is 23.3 Å². The normalized spacial score (nSPS) is 16.1. The topological polar surface area (TPSA) is 67.9 Å². The minimum absolute atomic E-state index is 0.227. The van der Waals surface area contributed by atoms with Crippen LogP contribution in [0.2, 0.25) is 5.02 Å². The smallest absolute Gasteiger partial charge is 0.258 e.